The Morgan fingerprint density at radius 3 is 1.61 bits per heavy atom. The summed E-state index contributed by atoms with van der Waals surface area (Å²) in [4.78, 5) is 65.5. The summed E-state index contributed by atoms with van der Waals surface area (Å²) in [5, 5.41) is 51.2. The van der Waals surface area contributed by atoms with Crippen LogP contribution in [0.4, 0.5) is 9.59 Å². The van der Waals surface area contributed by atoms with Gasteiger partial charge in [0.25, 0.3) is 0 Å². The van der Waals surface area contributed by atoms with Gasteiger partial charge in [-0.05, 0) is 146 Å². The van der Waals surface area contributed by atoms with Gasteiger partial charge in [0.05, 0.1) is 38.4 Å². The fourth-order valence-electron chi connectivity index (χ4n) is 6.76. The maximum Gasteiger partial charge on any atom is 0.326 e. The molecule has 5 amide bonds. The molecule has 9 N–H and O–H groups in total. The number of unbranched alkanes of at least 4 members (excludes halogenated alkanes) is 2. The van der Waals surface area contributed by atoms with Crippen LogP contribution in [0.3, 0.4) is 0 Å². The molecular formula is C37H45I4N5O11S2. The van der Waals surface area contributed by atoms with Crippen LogP contribution in [0, 0.1) is 14.3 Å². The van der Waals surface area contributed by atoms with E-state index in [0.717, 1.165) is 62.7 Å². The van der Waals surface area contributed by atoms with Crippen LogP contribution in [-0.2, 0) is 25.6 Å². The van der Waals surface area contributed by atoms with Crippen LogP contribution in [0.2, 0.25) is 0 Å². The number of hydrogen-bond donors (Lipinski definition) is 9. The lowest BCUT2D eigenvalue weighted by Crippen LogP contribution is -2.41. The number of urea groups is 2. The normalized spacial score (nSPS) is 22.7. The minimum atomic E-state index is -1.08. The number of carboxylic acids is 3. The Kier molecular flexibility index (Phi) is 20.3. The second kappa shape index (κ2) is 24.1. The first kappa shape index (κ1) is 49.7. The number of aromatic hydroxyl groups is 1. The molecule has 4 aliphatic rings. The fourth-order valence-corrected chi connectivity index (χ4v) is 13.7. The van der Waals surface area contributed by atoms with Crippen molar-refractivity contribution in [1.29, 1.82) is 0 Å². The summed E-state index contributed by atoms with van der Waals surface area (Å²) >= 11 is 12.1. The van der Waals surface area contributed by atoms with E-state index in [4.69, 9.17) is 14.9 Å². The van der Waals surface area contributed by atoms with Crippen molar-refractivity contribution in [2.45, 2.75) is 105 Å². The lowest BCUT2D eigenvalue weighted by molar-refractivity contribution is -0.141. The molecule has 59 heavy (non-hydrogen) atoms. The summed E-state index contributed by atoms with van der Waals surface area (Å²) in [6.45, 7) is 1.29. The Bertz CT molecular complexity index is 1780. The number of carbonyl (C=O) groups is 6. The molecule has 0 saturated carbocycles. The van der Waals surface area contributed by atoms with Gasteiger partial charge in [-0.1, -0.05) is 12.8 Å². The third-order valence-corrected chi connectivity index (χ3v) is 15.8. The van der Waals surface area contributed by atoms with Gasteiger partial charge in [0, 0.05) is 48.2 Å². The number of ether oxygens (including phenoxy) is 1. The van der Waals surface area contributed by atoms with E-state index >= 15 is 0 Å². The molecule has 0 spiro atoms. The van der Waals surface area contributed by atoms with Crippen molar-refractivity contribution >= 4 is 150 Å². The maximum atomic E-state index is 11.3. The van der Waals surface area contributed by atoms with Crippen molar-refractivity contribution in [3.63, 3.8) is 0 Å². The van der Waals surface area contributed by atoms with Gasteiger partial charge in [-0.2, -0.15) is 23.5 Å². The molecule has 4 saturated heterocycles. The SMILES string of the molecule is CC(=O)N[C@@H](Cc1cc(I)c(Oc2cc(I)c(O)c(I)c2)c(I)c1)C(=O)O.O=C(O)CCCC[C@@H]1SC[C@@H]2NC(=O)N[C@@H]21.O=C(O)CCCC[C@@H]1SC[C@@H]2NC(=O)N[C@@H]21. The number of carboxylic acid groups (broad SMARTS) is 3. The third kappa shape index (κ3) is 15.7. The van der Waals surface area contributed by atoms with Crippen LogP contribution in [0.1, 0.15) is 63.9 Å². The van der Waals surface area contributed by atoms with Crippen LogP contribution in [0.15, 0.2) is 24.3 Å². The molecule has 0 radical (unpaired) electrons. The molecule has 16 nitrogen and oxygen atoms in total. The van der Waals surface area contributed by atoms with E-state index < -0.39 is 23.9 Å². The number of nitrogens with one attached hydrogen (secondary N) is 5. The standard InChI is InChI=1S/C17H13I4NO5.2C10H16N2O3S/c1-7(23)22-14(17(25)26)4-8-2-12(20)16(13(21)3-8)27-9-5-10(18)15(24)11(19)6-9;2*13-8(14)4-2-1-3-7-9-6(5-16-7)11-10(15)12-9/h2-3,5-6,14,24H,4H2,1H3,(H,22,23)(H,25,26);2*6-7,9H,1-5H2,(H,13,14)(H2,11,12,15)/t14-;2*6-,7-,9-/m000/s1. The van der Waals surface area contributed by atoms with Crippen molar-refractivity contribution in [1.82, 2.24) is 26.6 Å². The van der Waals surface area contributed by atoms with E-state index in [0.29, 0.717) is 29.1 Å². The molecule has 2 aromatic carbocycles. The summed E-state index contributed by atoms with van der Waals surface area (Å²) in [7, 11) is 0. The van der Waals surface area contributed by atoms with Crippen LogP contribution >= 0.6 is 114 Å². The quantitative estimate of drug-likeness (QED) is 0.0507. The molecule has 4 heterocycles. The average molecular weight is 1310 g/mol. The summed E-state index contributed by atoms with van der Waals surface area (Å²) in [5.74, 6) is 0.490. The van der Waals surface area contributed by atoms with E-state index in [1.165, 1.54) is 6.92 Å². The van der Waals surface area contributed by atoms with E-state index in [-0.39, 0.29) is 67.1 Å². The van der Waals surface area contributed by atoms with E-state index in [1.807, 2.05) is 80.8 Å². The average Bonchev–Trinajstić information content (AvgIpc) is 3.91. The number of halogens is 4. The molecule has 4 aliphatic heterocycles. The Balaban J connectivity index is 0.000000207. The Morgan fingerprint density at radius 1 is 0.746 bits per heavy atom. The van der Waals surface area contributed by atoms with Crippen molar-refractivity contribution in [3.8, 4) is 17.2 Å². The molecule has 0 bridgehead atoms. The van der Waals surface area contributed by atoms with E-state index in [2.05, 4.69) is 71.8 Å². The van der Waals surface area contributed by atoms with Crippen molar-refractivity contribution in [2.75, 3.05) is 11.5 Å². The number of benzene rings is 2. The molecule has 2 aromatic rings. The molecule has 0 aliphatic carbocycles. The Hall–Kier alpha value is -1.92. The smallest absolute Gasteiger partial charge is 0.326 e. The number of aliphatic carboxylic acids is 3. The summed E-state index contributed by atoms with van der Waals surface area (Å²) < 4.78 is 9.03. The Morgan fingerprint density at radius 2 is 1.20 bits per heavy atom. The highest BCUT2D eigenvalue weighted by Gasteiger charge is 2.43. The lowest BCUT2D eigenvalue weighted by atomic mass is 10.0. The number of fused-ring (bicyclic) bond motifs is 2. The molecule has 6 rings (SSSR count). The monoisotopic (exact) mass is 1310 g/mol. The number of amides is 5. The van der Waals surface area contributed by atoms with Gasteiger partial charge in [-0.15, -0.1) is 0 Å². The first-order chi connectivity index (χ1) is 27.9. The molecule has 0 aromatic heterocycles. The molecule has 22 heteroatoms. The lowest BCUT2D eigenvalue weighted by Gasteiger charge is -2.16. The third-order valence-electron chi connectivity index (χ3n) is 9.52. The minimum Gasteiger partial charge on any atom is -0.506 e. The van der Waals surface area contributed by atoms with Gasteiger partial charge in [0.1, 0.15) is 17.5 Å². The first-order valence-electron chi connectivity index (χ1n) is 18.6. The topological polar surface area (TPSA) is 253 Å². The molecule has 0 unspecified atom stereocenters. The van der Waals surface area contributed by atoms with Gasteiger partial charge < -0.3 is 51.7 Å². The maximum absolute atomic E-state index is 11.3. The predicted octanol–water partition coefficient (Wildman–Crippen LogP) is 6.33. The zero-order chi connectivity index (χ0) is 43.4. The first-order valence-corrected chi connectivity index (χ1v) is 25.0. The number of rotatable bonds is 16. The molecule has 7 atom stereocenters. The zero-order valence-electron chi connectivity index (χ0n) is 31.6. The highest BCUT2D eigenvalue weighted by molar-refractivity contribution is 14.1. The van der Waals surface area contributed by atoms with Crippen LogP contribution in [0.5, 0.6) is 17.2 Å². The summed E-state index contributed by atoms with van der Waals surface area (Å²) in [5.41, 5.74) is 0.784. The van der Waals surface area contributed by atoms with Crippen molar-refractivity contribution in [3.05, 3.63) is 44.1 Å². The predicted molar refractivity (Wildman–Crippen MR) is 258 cm³/mol. The van der Waals surface area contributed by atoms with Crippen molar-refractivity contribution < 1.29 is 53.9 Å². The highest BCUT2D eigenvalue weighted by atomic mass is 127. The summed E-state index contributed by atoms with van der Waals surface area (Å²) in [6, 6.07) is 7.06. The van der Waals surface area contributed by atoms with Crippen LogP contribution in [-0.4, -0.2) is 109 Å². The van der Waals surface area contributed by atoms with E-state index in [1.54, 1.807) is 12.1 Å². The highest BCUT2D eigenvalue weighted by Crippen LogP contribution is 2.38. The Labute approximate surface area is 404 Å². The largest absolute Gasteiger partial charge is 0.506 e. The fraction of sp³-hybridized carbons (Fsp3) is 0.514. The van der Waals surface area contributed by atoms with Gasteiger partial charge in [0.15, 0.2) is 5.75 Å². The molecule has 4 fully saturated rings. The number of hydrogen-bond acceptors (Lipinski definition) is 10. The van der Waals surface area contributed by atoms with Crippen LogP contribution in [0.25, 0.3) is 0 Å². The number of phenols is 1. The van der Waals surface area contributed by atoms with Gasteiger partial charge >= 0.3 is 30.0 Å². The molecule has 324 valence electrons. The van der Waals surface area contributed by atoms with Crippen molar-refractivity contribution in [2.24, 2.45) is 0 Å². The summed E-state index contributed by atoms with van der Waals surface area (Å²) in [6.07, 6.45) is 5.94. The minimum absolute atomic E-state index is 0.0640. The number of carbonyl (C=O) groups excluding carboxylic acids is 3. The molecular weight excluding hydrogens is 1260 g/mol. The number of phenolic OH excluding ortho intramolecular Hbond substituents is 1. The van der Waals surface area contributed by atoms with Gasteiger partial charge in [-0.3, -0.25) is 14.4 Å². The second-order valence-corrected chi connectivity index (χ2v) is 21.2. The van der Waals surface area contributed by atoms with Gasteiger partial charge in [-0.25, -0.2) is 14.4 Å². The van der Waals surface area contributed by atoms with E-state index in [9.17, 15) is 39.0 Å². The van der Waals surface area contributed by atoms with Crippen LogP contribution < -0.4 is 31.3 Å². The zero-order valence-corrected chi connectivity index (χ0v) is 41.9. The van der Waals surface area contributed by atoms with Gasteiger partial charge in [0.2, 0.25) is 5.91 Å². The number of thioether (sulfide) groups is 2. The second-order valence-electron chi connectivity index (χ2n) is 14.0.